The number of halogens is 1. The molecule has 84 valence electrons. The molecule has 0 spiro atoms. The van der Waals surface area contributed by atoms with Gasteiger partial charge in [-0.25, -0.2) is 4.98 Å². The van der Waals surface area contributed by atoms with Gasteiger partial charge in [0.25, 0.3) is 5.56 Å². The fourth-order valence-electron chi connectivity index (χ4n) is 1.35. The number of aromatic nitrogens is 2. The van der Waals surface area contributed by atoms with E-state index in [9.17, 15) is 4.79 Å². The van der Waals surface area contributed by atoms with Crippen LogP contribution in [0.4, 0.5) is 0 Å². The Bertz CT molecular complexity index is 376. The van der Waals surface area contributed by atoms with Crippen LogP contribution in [0.25, 0.3) is 0 Å². The van der Waals surface area contributed by atoms with Crippen LogP contribution in [0.1, 0.15) is 27.2 Å². The zero-order chi connectivity index (χ0) is 11.4. The molecular weight excluding hydrogens is 216 g/mol. The fourth-order valence-corrected chi connectivity index (χ4v) is 1.50. The largest absolute Gasteiger partial charge is 0.473 e. The second-order valence-electron chi connectivity index (χ2n) is 3.91. The second kappa shape index (κ2) is 5.16. The van der Waals surface area contributed by atoms with Gasteiger partial charge in [0.15, 0.2) is 5.02 Å². The van der Waals surface area contributed by atoms with Crippen LogP contribution in [0, 0.1) is 5.92 Å². The van der Waals surface area contributed by atoms with Gasteiger partial charge in [-0.3, -0.25) is 4.79 Å². The standard InChI is InChI=1S/C10H15ClN2O2/c1-6(2)4-7(3)15-10-8(11)9(14)12-5-13-10/h5-7H,4H2,1-3H3,(H,12,13,14). The third kappa shape index (κ3) is 3.55. The maximum atomic E-state index is 11.1. The Morgan fingerprint density at radius 2 is 2.20 bits per heavy atom. The van der Waals surface area contributed by atoms with Gasteiger partial charge in [0, 0.05) is 0 Å². The molecule has 1 unspecified atom stereocenters. The molecule has 0 aliphatic rings. The van der Waals surface area contributed by atoms with Gasteiger partial charge in [0.1, 0.15) is 0 Å². The van der Waals surface area contributed by atoms with E-state index in [1.165, 1.54) is 6.33 Å². The summed E-state index contributed by atoms with van der Waals surface area (Å²) in [5.74, 6) is 0.731. The number of hydrogen-bond donors (Lipinski definition) is 1. The summed E-state index contributed by atoms with van der Waals surface area (Å²) >= 11 is 5.74. The third-order valence-electron chi connectivity index (χ3n) is 1.88. The molecular formula is C10H15ClN2O2. The van der Waals surface area contributed by atoms with E-state index < -0.39 is 0 Å². The summed E-state index contributed by atoms with van der Waals surface area (Å²) in [5, 5.41) is 0.00751. The van der Waals surface area contributed by atoms with Crippen LogP contribution in [0.2, 0.25) is 5.02 Å². The van der Waals surface area contributed by atoms with Crippen molar-refractivity contribution in [3.63, 3.8) is 0 Å². The monoisotopic (exact) mass is 230 g/mol. The number of ether oxygens (including phenoxy) is 1. The van der Waals surface area contributed by atoms with Crippen LogP contribution in [0.3, 0.4) is 0 Å². The zero-order valence-electron chi connectivity index (χ0n) is 9.08. The van der Waals surface area contributed by atoms with Gasteiger partial charge in [-0.05, 0) is 19.3 Å². The molecule has 0 aliphatic heterocycles. The molecule has 0 amide bonds. The Balaban J connectivity index is 2.72. The van der Waals surface area contributed by atoms with Gasteiger partial charge < -0.3 is 9.72 Å². The SMILES string of the molecule is CC(C)CC(C)Oc1nc[nH]c(=O)c1Cl. The van der Waals surface area contributed by atoms with Crippen LogP contribution >= 0.6 is 11.6 Å². The van der Waals surface area contributed by atoms with Gasteiger partial charge in [-0.2, -0.15) is 0 Å². The Kier molecular flexibility index (Phi) is 4.15. The summed E-state index contributed by atoms with van der Waals surface area (Å²) in [6, 6.07) is 0. The molecule has 1 aromatic rings. The second-order valence-corrected chi connectivity index (χ2v) is 4.29. The Labute approximate surface area is 93.6 Å². The minimum absolute atomic E-state index is 0.00296. The number of hydrogen-bond acceptors (Lipinski definition) is 3. The molecule has 15 heavy (non-hydrogen) atoms. The van der Waals surface area contributed by atoms with Crippen LogP contribution in [-0.4, -0.2) is 16.1 Å². The van der Waals surface area contributed by atoms with Gasteiger partial charge in [-0.1, -0.05) is 25.4 Å². The molecule has 5 heteroatoms. The zero-order valence-corrected chi connectivity index (χ0v) is 9.84. The molecule has 0 aliphatic carbocycles. The van der Waals surface area contributed by atoms with Crippen LogP contribution in [0.5, 0.6) is 5.88 Å². The van der Waals surface area contributed by atoms with Crippen molar-refractivity contribution in [3.8, 4) is 5.88 Å². The van der Waals surface area contributed by atoms with Gasteiger partial charge in [0.05, 0.1) is 12.4 Å². The van der Waals surface area contributed by atoms with Gasteiger partial charge in [0.2, 0.25) is 5.88 Å². The number of H-pyrrole nitrogens is 1. The molecule has 1 heterocycles. The smallest absolute Gasteiger partial charge is 0.273 e. The Morgan fingerprint density at radius 1 is 1.53 bits per heavy atom. The molecule has 0 saturated heterocycles. The third-order valence-corrected chi connectivity index (χ3v) is 2.21. The van der Waals surface area contributed by atoms with Crippen molar-refractivity contribution in [2.24, 2.45) is 5.92 Å². The molecule has 1 N–H and O–H groups in total. The molecule has 0 bridgehead atoms. The molecule has 1 aromatic heterocycles. The molecule has 0 aromatic carbocycles. The highest BCUT2D eigenvalue weighted by molar-refractivity contribution is 6.31. The molecule has 1 atom stereocenters. The van der Waals surface area contributed by atoms with Crippen molar-refractivity contribution in [3.05, 3.63) is 21.7 Å². The first-order chi connectivity index (χ1) is 7.00. The van der Waals surface area contributed by atoms with Crippen molar-refractivity contribution in [1.29, 1.82) is 0 Å². The lowest BCUT2D eigenvalue weighted by molar-refractivity contribution is 0.185. The van der Waals surface area contributed by atoms with E-state index in [2.05, 4.69) is 23.8 Å². The lowest BCUT2D eigenvalue weighted by Crippen LogP contribution is -2.18. The number of nitrogens with one attached hydrogen (secondary N) is 1. The van der Waals surface area contributed by atoms with Gasteiger partial charge >= 0.3 is 0 Å². The normalized spacial score (nSPS) is 12.9. The van der Waals surface area contributed by atoms with E-state index in [-0.39, 0.29) is 22.6 Å². The highest BCUT2D eigenvalue weighted by Gasteiger charge is 2.12. The summed E-state index contributed by atoms with van der Waals surface area (Å²) in [4.78, 5) is 17.4. The molecule has 1 rings (SSSR count). The molecule has 0 saturated carbocycles. The van der Waals surface area contributed by atoms with E-state index >= 15 is 0 Å². The number of rotatable bonds is 4. The van der Waals surface area contributed by atoms with Crippen LogP contribution in [0.15, 0.2) is 11.1 Å². The van der Waals surface area contributed by atoms with E-state index in [1.54, 1.807) is 0 Å². The van der Waals surface area contributed by atoms with Crippen molar-refractivity contribution >= 4 is 11.6 Å². The quantitative estimate of drug-likeness (QED) is 0.863. The average molecular weight is 231 g/mol. The number of aromatic amines is 1. The first-order valence-electron chi connectivity index (χ1n) is 4.90. The van der Waals surface area contributed by atoms with Crippen molar-refractivity contribution in [2.45, 2.75) is 33.3 Å². The molecule has 0 radical (unpaired) electrons. The van der Waals surface area contributed by atoms with Crippen LogP contribution < -0.4 is 10.3 Å². The van der Waals surface area contributed by atoms with E-state index in [1.807, 2.05) is 6.92 Å². The fraction of sp³-hybridized carbons (Fsp3) is 0.600. The van der Waals surface area contributed by atoms with Gasteiger partial charge in [-0.15, -0.1) is 0 Å². The predicted octanol–water partition coefficient (Wildman–Crippen LogP) is 2.24. The minimum atomic E-state index is -0.376. The van der Waals surface area contributed by atoms with Crippen LogP contribution in [-0.2, 0) is 0 Å². The van der Waals surface area contributed by atoms with Crippen molar-refractivity contribution < 1.29 is 4.74 Å². The van der Waals surface area contributed by atoms with Crippen molar-refractivity contribution in [1.82, 2.24) is 9.97 Å². The summed E-state index contributed by atoms with van der Waals surface area (Å²) in [7, 11) is 0. The Morgan fingerprint density at radius 3 is 2.80 bits per heavy atom. The maximum Gasteiger partial charge on any atom is 0.273 e. The molecule has 4 nitrogen and oxygen atoms in total. The van der Waals surface area contributed by atoms with E-state index in [4.69, 9.17) is 16.3 Å². The summed E-state index contributed by atoms with van der Waals surface area (Å²) in [6.07, 6.45) is 2.17. The van der Waals surface area contributed by atoms with Crippen molar-refractivity contribution in [2.75, 3.05) is 0 Å². The predicted molar refractivity (Wildman–Crippen MR) is 59.4 cm³/mol. The van der Waals surface area contributed by atoms with E-state index in [0.717, 1.165) is 6.42 Å². The molecule has 0 fully saturated rings. The highest BCUT2D eigenvalue weighted by Crippen LogP contribution is 2.18. The van der Waals surface area contributed by atoms with E-state index in [0.29, 0.717) is 5.92 Å². The maximum absolute atomic E-state index is 11.1. The average Bonchev–Trinajstić information content (AvgIpc) is 2.11. The first kappa shape index (κ1) is 12.0. The lowest BCUT2D eigenvalue weighted by atomic mass is 10.1. The topological polar surface area (TPSA) is 55.0 Å². The lowest BCUT2D eigenvalue weighted by Gasteiger charge is -2.15. The highest BCUT2D eigenvalue weighted by atomic mass is 35.5. The Hall–Kier alpha value is -1.03. The summed E-state index contributed by atoms with van der Waals surface area (Å²) < 4.78 is 5.47. The summed E-state index contributed by atoms with van der Waals surface area (Å²) in [6.45, 7) is 6.14. The first-order valence-corrected chi connectivity index (χ1v) is 5.28. The summed E-state index contributed by atoms with van der Waals surface area (Å²) in [5.41, 5.74) is -0.376. The number of nitrogens with zero attached hydrogens (tertiary/aromatic N) is 1. The minimum Gasteiger partial charge on any atom is -0.473 e.